The number of hydrogen-bond acceptors (Lipinski definition) is 2. The van der Waals surface area contributed by atoms with Crippen LogP contribution in [0.2, 0.25) is 0 Å². The molecule has 2 aromatic carbocycles. The van der Waals surface area contributed by atoms with E-state index in [9.17, 15) is 9.59 Å². The van der Waals surface area contributed by atoms with Gasteiger partial charge in [0.05, 0.1) is 13.0 Å². The minimum Gasteiger partial charge on any atom is -0.347 e. The minimum absolute atomic E-state index is 0.0507. The molecular weight excluding hydrogens is 424 g/mol. The van der Waals surface area contributed by atoms with Crippen molar-refractivity contribution in [1.82, 2.24) is 5.32 Å². The average molecular weight is 440 g/mol. The SMILES string of the molecule is Cc1cc(Br)ccc1NC(=O)CNC(=O)Cc1ccc(Br)cc1. The van der Waals surface area contributed by atoms with Gasteiger partial charge in [-0.25, -0.2) is 0 Å². The van der Waals surface area contributed by atoms with Crippen molar-refractivity contribution in [3.63, 3.8) is 0 Å². The van der Waals surface area contributed by atoms with Gasteiger partial charge in [-0.2, -0.15) is 0 Å². The highest BCUT2D eigenvalue weighted by Crippen LogP contribution is 2.19. The fourth-order valence-corrected chi connectivity index (χ4v) is 2.73. The molecule has 0 bridgehead atoms. The average Bonchev–Trinajstić information content (AvgIpc) is 2.50. The first-order chi connectivity index (χ1) is 10.9. The largest absolute Gasteiger partial charge is 0.347 e. The molecule has 2 rings (SSSR count). The zero-order valence-corrected chi connectivity index (χ0v) is 15.7. The van der Waals surface area contributed by atoms with Crippen LogP contribution in [0, 0.1) is 6.92 Å². The molecule has 2 aromatic rings. The fourth-order valence-electron chi connectivity index (χ4n) is 1.99. The molecule has 0 heterocycles. The molecule has 120 valence electrons. The van der Waals surface area contributed by atoms with Crippen LogP contribution in [0.1, 0.15) is 11.1 Å². The Kier molecular flexibility index (Phi) is 6.36. The lowest BCUT2D eigenvalue weighted by Gasteiger charge is -2.09. The summed E-state index contributed by atoms with van der Waals surface area (Å²) in [6.45, 7) is 1.86. The van der Waals surface area contributed by atoms with Gasteiger partial charge in [0.15, 0.2) is 0 Å². The Morgan fingerprint density at radius 1 is 0.957 bits per heavy atom. The lowest BCUT2D eigenvalue weighted by molar-refractivity contribution is -0.123. The fraction of sp³-hybridized carbons (Fsp3) is 0.176. The zero-order valence-electron chi connectivity index (χ0n) is 12.5. The third kappa shape index (κ3) is 5.80. The summed E-state index contributed by atoms with van der Waals surface area (Å²) in [6.07, 6.45) is 0.248. The summed E-state index contributed by atoms with van der Waals surface area (Å²) in [5, 5.41) is 5.41. The van der Waals surface area contributed by atoms with Crippen molar-refractivity contribution < 1.29 is 9.59 Å². The minimum atomic E-state index is -0.250. The number of anilines is 1. The second kappa shape index (κ2) is 8.26. The van der Waals surface area contributed by atoms with Crippen LogP contribution < -0.4 is 10.6 Å². The molecule has 0 saturated carbocycles. The number of carbonyl (C=O) groups is 2. The predicted molar refractivity (Wildman–Crippen MR) is 98.4 cm³/mol. The summed E-state index contributed by atoms with van der Waals surface area (Å²) in [7, 11) is 0. The van der Waals surface area contributed by atoms with Crippen LogP contribution in [0.25, 0.3) is 0 Å². The number of nitrogens with one attached hydrogen (secondary N) is 2. The second-order valence-electron chi connectivity index (χ2n) is 5.09. The van der Waals surface area contributed by atoms with Crippen molar-refractivity contribution in [2.24, 2.45) is 0 Å². The number of aryl methyl sites for hydroxylation is 1. The Morgan fingerprint density at radius 3 is 2.26 bits per heavy atom. The first-order valence-electron chi connectivity index (χ1n) is 7.01. The van der Waals surface area contributed by atoms with E-state index in [2.05, 4.69) is 42.5 Å². The zero-order chi connectivity index (χ0) is 16.8. The van der Waals surface area contributed by atoms with Crippen molar-refractivity contribution in [1.29, 1.82) is 0 Å². The maximum Gasteiger partial charge on any atom is 0.243 e. The van der Waals surface area contributed by atoms with Gasteiger partial charge in [0.25, 0.3) is 0 Å². The summed E-state index contributed by atoms with van der Waals surface area (Å²) in [5.41, 5.74) is 2.59. The number of amides is 2. The predicted octanol–water partition coefficient (Wildman–Crippen LogP) is 3.82. The van der Waals surface area contributed by atoms with E-state index >= 15 is 0 Å². The van der Waals surface area contributed by atoms with Gasteiger partial charge >= 0.3 is 0 Å². The van der Waals surface area contributed by atoms with Crippen molar-refractivity contribution in [3.8, 4) is 0 Å². The summed E-state index contributed by atoms with van der Waals surface area (Å²) < 4.78 is 1.92. The van der Waals surface area contributed by atoms with Crippen molar-refractivity contribution in [2.45, 2.75) is 13.3 Å². The van der Waals surface area contributed by atoms with Crippen LogP contribution in [0.15, 0.2) is 51.4 Å². The molecule has 4 nitrogen and oxygen atoms in total. The molecular formula is C17H16Br2N2O2. The summed E-state index contributed by atoms with van der Waals surface area (Å²) >= 11 is 6.72. The van der Waals surface area contributed by atoms with Gasteiger partial charge in [-0.1, -0.05) is 44.0 Å². The Labute approximate surface area is 151 Å². The van der Waals surface area contributed by atoms with Crippen LogP contribution in [-0.2, 0) is 16.0 Å². The van der Waals surface area contributed by atoms with Gasteiger partial charge in [-0.05, 0) is 48.4 Å². The van der Waals surface area contributed by atoms with Crippen LogP contribution in [0.3, 0.4) is 0 Å². The molecule has 0 radical (unpaired) electrons. The van der Waals surface area contributed by atoms with E-state index in [1.54, 1.807) is 0 Å². The molecule has 0 aliphatic carbocycles. The highest BCUT2D eigenvalue weighted by molar-refractivity contribution is 9.10. The number of carbonyl (C=O) groups excluding carboxylic acids is 2. The van der Waals surface area contributed by atoms with Gasteiger partial charge in [0.2, 0.25) is 11.8 Å². The molecule has 2 amide bonds. The molecule has 0 aliphatic heterocycles. The Balaban J connectivity index is 1.81. The topological polar surface area (TPSA) is 58.2 Å². The Hall–Kier alpha value is -1.66. The first-order valence-corrected chi connectivity index (χ1v) is 8.60. The molecule has 0 saturated heterocycles. The standard InChI is InChI=1S/C17H16Br2N2O2/c1-11-8-14(19)6-7-15(11)21-17(23)10-20-16(22)9-12-2-4-13(18)5-3-12/h2-8H,9-10H2,1H3,(H,20,22)(H,21,23). The number of hydrogen-bond donors (Lipinski definition) is 2. The monoisotopic (exact) mass is 438 g/mol. The molecule has 2 N–H and O–H groups in total. The van der Waals surface area contributed by atoms with E-state index in [0.717, 1.165) is 25.8 Å². The second-order valence-corrected chi connectivity index (χ2v) is 6.92. The maximum absolute atomic E-state index is 11.9. The number of halogens is 2. The summed E-state index contributed by atoms with van der Waals surface area (Å²) in [6, 6.07) is 13.1. The van der Waals surface area contributed by atoms with Crippen molar-refractivity contribution in [2.75, 3.05) is 11.9 Å². The summed E-state index contributed by atoms with van der Waals surface area (Å²) in [4.78, 5) is 23.8. The Morgan fingerprint density at radius 2 is 1.61 bits per heavy atom. The van der Waals surface area contributed by atoms with Crippen LogP contribution in [-0.4, -0.2) is 18.4 Å². The molecule has 0 unspecified atom stereocenters. The van der Waals surface area contributed by atoms with E-state index in [1.165, 1.54) is 0 Å². The van der Waals surface area contributed by atoms with Crippen molar-refractivity contribution >= 4 is 49.4 Å². The third-order valence-corrected chi connectivity index (χ3v) is 4.21. The normalized spacial score (nSPS) is 10.2. The van der Waals surface area contributed by atoms with E-state index < -0.39 is 0 Å². The Bertz CT molecular complexity index is 715. The lowest BCUT2D eigenvalue weighted by Crippen LogP contribution is -2.33. The molecule has 0 atom stereocenters. The van der Waals surface area contributed by atoms with Crippen LogP contribution >= 0.6 is 31.9 Å². The maximum atomic E-state index is 11.9. The van der Waals surface area contributed by atoms with Crippen molar-refractivity contribution in [3.05, 3.63) is 62.5 Å². The first kappa shape index (κ1) is 17.7. The smallest absolute Gasteiger partial charge is 0.243 e. The van der Waals surface area contributed by atoms with Gasteiger partial charge in [0, 0.05) is 14.6 Å². The van der Waals surface area contributed by atoms with Crippen LogP contribution in [0.5, 0.6) is 0 Å². The number of benzene rings is 2. The molecule has 23 heavy (non-hydrogen) atoms. The lowest BCUT2D eigenvalue weighted by atomic mass is 10.1. The molecule has 0 spiro atoms. The molecule has 0 aliphatic rings. The highest BCUT2D eigenvalue weighted by Gasteiger charge is 2.08. The quantitative estimate of drug-likeness (QED) is 0.743. The van der Waals surface area contributed by atoms with E-state index in [-0.39, 0.29) is 24.8 Å². The van der Waals surface area contributed by atoms with E-state index in [4.69, 9.17) is 0 Å². The van der Waals surface area contributed by atoms with Gasteiger partial charge in [0.1, 0.15) is 0 Å². The van der Waals surface area contributed by atoms with Gasteiger partial charge in [-0.15, -0.1) is 0 Å². The third-order valence-electron chi connectivity index (χ3n) is 3.19. The number of rotatable bonds is 5. The summed E-state index contributed by atoms with van der Waals surface area (Å²) in [5.74, 6) is -0.436. The van der Waals surface area contributed by atoms with E-state index in [0.29, 0.717) is 0 Å². The van der Waals surface area contributed by atoms with E-state index in [1.807, 2.05) is 49.4 Å². The molecule has 0 aromatic heterocycles. The molecule has 0 fully saturated rings. The highest BCUT2D eigenvalue weighted by atomic mass is 79.9. The van der Waals surface area contributed by atoms with Gasteiger partial charge < -0.3 is 10.6 Å². The molecule has 6 heteroatoms. The van der Waals surface area contributed by atoms with Gasteiger partial charge in [-0.3, -0.25) is 9.59 Å². The van der Waals surface area contributed by atoms with Crippen LogP contribution in [0.4, 0.5) is 5.69 Å².